The molecule has 156 valence electrons. The molecular formula is C15H16N4O10. The van der Waals surface area contributed by atoms with Crippen LogP contribution in [0, 0.1) is 40.5 Å². The first-order valence-electron chi connectivity index (χ1n) is 7.34. The van der Waals surface area contributed by atoms with Crippen LogP contribution >= 0.6 is 0 Å². The topological polar surface area (TPSA) is 191 Å². The van der Waals surface area contributed by atoms with Crippen LogP contribution in [0.15, 0.2) is 42.5 Å². The summed E-state index contributed by atoms with van der Waals surface area (Å²) >= 11 is 0. The smallest absolute Gasteiger partial charge is 0.317 e. The zero-order chi connectivity index (χ0) is 22.6. The predicted octanol–water partition coefficient (Wildman–Crippen LogP) is 3.28. The molecule has 0 aliphatic rings. The van der Waals surface area contributed by atoms with Gasteiger partial charge in [0.25, 0.3) is 17.1 Å². The van der Waals surface area contributed by atoms with Crippen molar-refractivity contribution in [3.8, 4) is 5.75 Å². The van der Waals surface area contributed by atoms with Crippen molar-refractivity contribution in [3.05, 3.63) is 82.9 Å². The van der Waals surface area contributed by atoms with Gasteiger partial charge < -0.3 is 9.47 Å². The molecule has 0 saturated heterocycles. The normalized spacial score (nSPS) is 9.07. The Bertz CT molecular complexity index is 858. The first kappa shape index (κ1) is 24.8. The number of nitro benzene ring substituents is 4. The molecule has 14 heteroatoms. The first-order chi connectivity index (χ1) is 13.6. The Kier molecular flexibility index (Phi) is 10.5. The molecule has 29 heavy (non-hydrogen) atoms. The van der Waals surface area contributed by atoms with E-state index in [9.17, 15) is 40.5 Å². The highest BCUT2D eigenvalue weighted by Gasteiger charge is 2.19. The number of rotatable bonds is 5. The standard InChI is InChI=1S/C7H6N2O5.C6H4N2O4.C2H6O/c1-14-7-3-2-5(8(10)11)4-6(7)9(12)13;9-7(10)5-2-1-3-6(4-5)8(11)12;1-3-2/h2-4H,1H3;1-4H;1-2H3. The van der Waals surface area contributed by atoms with E-state index in [1.54, 1.807) is 14.2 Å². The van der Waals surface area contributed by atoms with Crippen LogP contribution in [0.25, 0.3) is 0 Å². The van der Waals surface area contributed by atoms with E-state index in [-0.39, 0.29) is 22.8 Å². The number of benzene rings is 2. The fraction of sp³-hybridized carbons (Fsp3) is 0.200. The van der Waals surface area contributed by atoms with Crippen LogP contribution in [0.3, 0.4) is 0 Å². The summed E-state index contributed by atoms with van der Waals surface area (Å²) in [6.07, 6.45) is 0. The van der Waals surface area contributed by atoms with E-state index in [0.717, 1.165) is 18.2 Å². The van der Waals surface area contributed by atoms with Crippen molar-refractivity contribution in [2.75, 3.05) is 21.3 Å². The van der Waals surface area contributed by atoms with Crippen molar-refractivity contribution in [1.82, 2.24) is 0 Å². The van der Waals surface area contributed by atoms with Gasteiger partial charge >= 0.3 is 5.69 Å². The Labute approximate surface area is 162 Å². The van der Waals surface area contributed by atoms with Crippen molar-refractivity contribution in [1.29, 1.82) is 0 Å². The molecule has 0 aliphatic carbocycles. The molecule has 0 fully saturated rings. The minimum Gasteiger partial charge on any atom is -0.490 e. The molecule has 0 bridgehead atoms. The van der Waals surface area contributed by atoms with E-state index < -0.39 is 25.4 Å². The molecule has 2 aromatic carbocycles. The third-order valence-electron chi connectivity index (χ3n) is 2.82. The van der Waals surface area contributed by atoms with Crippen LogP contribution in [0.2, 0.25) is 0 Å². The number of ether oxygens (including phenoxy) is 2. The number of nitro groups is 4. The van der Waals surface area contributed by atoms with Gasteiger partial charge in [-0.15, -0.1) is 0 Å². The molecule has 0 aromatic heterocycles. The van der Waals surface area contributed by atoms with Gasteiger partial charge in [0.05, 0.1) is 38.9 Å². The molecule has 0 N–H and O–H groups in total. The highest BCUT2D eigenvalue weighted by Crippen LogP contribution is 2.30. The van der Waals surface area contributed by atoms with Gasteiger partial charge in [0, 0.05) is 32.4 Å². The molecule has 0 heterocycles. The molecule has 2 aromatic rings. The lowest BCUT2D eigenvalue weighted by atomic mass is 10.2. The summed E-state index contributed by atoms with van der Waals surface area (Å²) in [5.41, 5.74) is -1.30. The molecule has 14 nitrogen and oxygen atoms in total. The summed E-state index contributed by atoms with van der Waals surface area (Å²) in [5.74, 6) is 0.000556. The Balaban J connectivity index is 0.000000481. The molecule has 0 unspecified atom stereocenters. The molecule has 0 saturated carbocycles. The summed E-state index contributed by atoms with van der Waals surface area (Å²) in [5, 5.41) is 41.1. The molecule has 2 rings (SSSR count). The predicted molar refractivity (Wildman–Crippen MR) is 99.0 cm³/mol. The Morgan fingerprint density at radius 1 is 0.655 bits per heavy atom. The van der Waals surface area contributed by atoms with Crippen LogP contribution in [0.4, 0.5) is 22.7 Å². The molecule has 0 amide bonds. The van der Waals surface area contributed by atoms with E-state index in [2.05, 4.69) is 9.47 Å². The van der Waals surface area contributed by atoms with E-state index in [1.165, 1.54) is 31.4 Å². The second kappa shape index (κ2) is 12.2. The number of nitrogens with zero attached hydrogens (tertiary/aromatic N) is 4. The minimum atomic E-state index is -0.730. The maximum absolute atomic E-state index is 10.5. The van der Waals surface area contributed by atoms with Crippen LogP contribution in [-0.2, 0) is 4.74 Å². The fourth-order valence-corrected chi connectivity index (χ4v) is 1.65. The lowest BCUT2D eigenvalue weighted by Gasteiger charge is -1.99. The third kappa shape index (κ3) is 8.35. The second-order valence-electron chi connectivity index (χ2n) is 4.81. The maximum atomic E-state index is 10.5. The van der Waals surface area contributed by atoms with Gasteiger partial charge in [0.1, 0.15) is 0 Å². The average Bonchev–Trinajstić information content (AvgIpc) is 2.68. The van der Waals surface area contributed by atoms with Crippen LogP contribution in [0.5, 0.6) is 5.75 Å². The zero-order valence-corrected chi connectivity index (χ0v) is 15.4. The molecule has 0 atom stereocenters. The van der Waals surface area contributed by atoms with E-state index in [4.69, 9.17) is 0 Å². The van der Waals surface area contributed by atoms with Crippen LogP contribution < -0.4 is 4.74 Å². The van der Waals surface area contributed by atoms with Crippen LogP contribution in [-0.4, -0.2) is 41.0 Å². The van der Waals surface area contributed by atoms with Crippen LogP contribution in [0.1, 0.15) is 0 Å². The van der Waals surface area contributed by atoms with E-state index >= 15 is 0 Å². The highest BCUT2D eigenvalue weighted by molar-refractivity contribution is 5.53. The van der Waals surface area contributed by atoms with Crippen molar-refractivity contribution in [2.45, 2.75) is 0 Å². The molecule has 0 aliphatic heterocycles. The SMILES string of the molecule is COC.COc1ccc([N+](=O)[O-])cc1[N+](=O)[O-].O=[N+]([O-])c1cccc([N+](=O)[O-])c1. The van der Waals surface area contributed by atoms with Gasteiger partial charge in [-0.25, -0.2) is 0 Å². The number of hydrogen-bond donors (Lipinski definition) is 0. The minimum absolute atomic E-state index is 0.000556. The molecule has 0 radical (unpaired) electrons. The summed E-state index contributed by atoms with van der Waals surface area (Å²) in [7, 11) is 4.51. The monoisotopic (exact) mass is 412 g/mol. The highest BCUT2D eigenvalue weighted by atomic mass is 16.6. The van der Waals surface area contributed by atoms with Crippen molar-refractivity contribution < 1.29 is 29.2 Å². The summed E-state index contributed by atoms with van der Waals surface area (Å²) in [6, 6.07) is 7.79. The summed E-state index contributed by atoms with van der Waals surface area (Å²) < 4.78 is 8.93. The molecular weight excluding hydrogens is 396 g/mol. The summed E-state index contributed by atoms with van der Waals surface area (Å²) in [6.45, 7) is 0. The van der Waals surface area contributed by atoms with E-state index in [0.29, 0.717) is 0 Å². The average molecular weight is 412 g/mol. The number of hydrogen-bond acceptors (Lipinski definition) is 10. The van der Waals surface area contributed by atoms with E-state index in [1.807, 2.05) is 0 Å². The van der Waals surface area contributed by atoms with Gasteiger partial charge in [-0.3, -0.25) is 40.5 Å². The fourth-order valence-electron chi connectivity index (χ4n) is 1.65. The Morgan fingerprint density at radius 3 is 1.41 bits per heavy atom. The zero-order valence-electron chi connectivity index (χ0n) is 15.4. The summed E-state index contributed by atoms with van der Waals surface area (Å²) in [4.78, 5) is 38.3. The van der Waals surface area contributed by atoms with Crippen molar-refractivity contribution in [3.63, 3.8) is 0 Å². The Hall–Kier alpha value is -4.20. The van der Waals surface area contributed by atoms with Crippen molar-refractivity contribution >= 4 is 22.7 Å². The Morgan fingerprint density at radius 2 is 1.07 bits per heavy atom. The van der Waals surface area contributed by atoms with Gasteiger partial charge in [-0.2, -0.15) is 0 Å². The van der Waals surface area contributed by atoms with Gasteiger partial charge in [0.2, 0.25) is 0 Å². The lowest BCUT2D eigenvalue weighted by Crippen LogP contribution is -1.95. The molecule has 0 spiro atoms. The number of non-ortho nitro benzene ring substituents is 3. The number of methoxy groups -OCH3 is 2. The van der Waals surface area contributed by atoms with Gasteiger partial charge in [-0.1, -0.05) is 0 Å². The van der Waals surface area contributed by atoms with Gasteiger partial charge in [0.15, 0.2) is 5.75 Å². The lowest BCUT2D eigenvalue weighted by molar-refractivity contribution is -0.394. The van der Waals surface area contributed by atoms with Crippen molar-refractivity contribution in [2.24, 2.45) is 0 Å². The first-order valence-corrected chi connectivity index (χ1v) is 7.34. The quantitative estimate of drug-likeness (QED) is 0.520. The maximum Gasteiger partial charge on any atom is 0.317 e. The second-order valence-corrected chi connectivity index (χ2v) is 4.81. The third-order valence-corrected chi connectivity index (χ3v) is 2.82. The van der Waals surface area contributed by atoms with Gasteiger partial charge in [-0.05, 0) is 12.1 Å². The largest absolute Gasteiger partial charge is 0.490 e.